The van der Waals surface area contributed by atoms with E-state index in [0.29, 0.717) is 5.92 Å². The van der Waals surface area contributed by atoms with Crippen molar-refractivity contribution >= 4 is 5.69 Å². The number of piperidine rings is 1. The molecule has 1 fully saturated rings. The van der Waals surface area contributed by atoms with Crippen molar-refractivity contribution in [2.45, 2.75) is 25.8 Å². The van der Waals surface area contributed by atoms with Crippen molar-refractivity contribution in [2.24, 2.45) is 5.92 Å². The number of fused-ring (bicyclic) bond motifs is 1. The molecule has 2 aliphatic heterocycles. The van der Waals surface area contributed by atoms with Crippen LogP contribution in [0.3, 0.4) is 0 Å². The quantitative estimate of drug-likeness (QED) is 0.900. The lowest BCUT2D eigenvalue weighted by Crippen LogP contribution is -2.36. The summed E-state index contributed by atoms with van der Waals surface area (Å²) < 4.78 is 5.30. The number of hydrogen-bond acceptors (Lipinski definition) is 3. The number of ether oxygens (including phenoxy) is 1. The maximum absolute atomic E-state index is 5.30. The van der Waals surface area contributed by atoms with E-state index in [-0.39, 0.29) is 0 Å². The predicted molar refractivity (Wildman–Crippen MR) is 78.5 cm³/mol. The number of methoxy groups -OCH3 is 1. The molecule has 2 heterocycles. The van der Waals surface area contributed by atoms with Crippen molar-refractivity contribution in [3.8, 4) is 0 Å². The van der Waals surface area contributed by atoms with E-state index in [1.165, 1.54) is 49.2 Å². The second kappa shape index (κ2) is 5.93. The number of rotatable bonds is 4. The molecule has 0 aliphatic carbocycles. The SMILES string of the molecule is COCC1CCCN(Cc2ccc3c(c2)NCC3)C1. The Hall–Kier alpha value is -1.06. The number of benzene rings is 1. The molecule has 0 aromatic heterocycles. The van der Waals surface area contributed by atoms with Crippen LogP contribution < -0.4 is 5.32 Å². The molecule has 1 atom stereocenters. The van der Waals surface area contributed by atoms with E-state index in [2.05, 4.69) is 28.4 Å². The fourth-order valence-electron chi connectivity index (χ4n) is 3.36. The first-order valence-corrected chi connectivity index (χ1v) is 7.42. The minimum absolute atomic E-state index is 0.714. The summed E-state index contributed by atoms with van der Waals surface area (Å²) in [5, 5.41) is 3.47. The second-order valence-corrected chi connectivity index (χ2v) is 5.87. The Balaban J connectivity index is 1.61. The first-order valence-electron chi connectivity index (χ1n) is 7.42. The highest BCUT2D eigenvalue weighted by atomic mass is 16.5. The predicted octanol–water partition coefficient (Wildman–Crippen LogP) is 2.51. The molecule has 0 radical (unpaired) electrons. The third-order valence-corrected chi connectivity index (χ3v) is 4.30. The Labute approximate surface area is 115 Å². The van der Waals surface area contributed by atoms with Gasteiger partial charge in [-0.15, -0.1) is 0 Å². The normalized spacial score (nSPS) is 23.1. The molecule has 3 nitrogen and oxygen atoms in total. The van der Waals surface area contributed by atoms with Gasteiger partial charge in [-0.3, -0.25) is 4.90 Å². The van der Waals surface area contributed by atoms with Gasteiger partial charge in [-0.2, -0.15) is 0 Å². The summed E-state index contributed by atoms with van der Waals surface area (Å²) in [4.78, 5) is 2.57. The molecule has 1 N–H and O–H groups in total. The number of anilines is 1. The van der Waals surface area contributed by atoms with Crippen LogP contribution in [0.25, 0.3) is 0 Å². The first-order chi connectivity index (χ1) is 9.35. The molecular weight excluding hydrogens is 236 g/mol. The van der Waals surface area contributed by atoms with E-state index in [1.807, 2.05) is 7.11 Å². The van der Waals surface area contributed by atoms with Crippen LogP contribution in [0.5, 0.6) is 0 Å². The zero-order valence-corrected chi connectivity index (χ0v) is 11.8. The molecule has 0 amide bonds. The molecule has 3 heteroatoms. The second-order valence-electron chi connectivity index (χ2n) is 5.87. The van der Waals surface area contributed by atoms with Crippen LogP contribution in [0.4, 0.5) is 5.69 Å². The van der Waals surface area contributed by atoms with E-state index >= 15 is 0 Å². The van der Waals surface area contributed by atoms with Crippen molar-refractivity contribution in [3.05, 3.63) is 29.3 Å². The highest BCUT2D eigenvalue weighted by molar-refractivity contribution is 5.57. The van der Waals surface area contributed by atoms with Crippen LogP contribution in [0.2, 0.25) is 0 Å². The molecular formula is C16H24N2O. The molecule has 19 heavy (non-hydrogen) atoms. The molecule has 1 saturated heterocycles. The Morgan fingerprint density at radius 2 is 2.37 bits per heavy atom. The first kappa shape index (κ1) is 12.9. The average molecular weight is 260 g/mol. The van der Waals surface area contributed by atoms with Gasteiger partial charge in [0.05, 0.1) is 6.61 Å². The van der Waals surface area contributed by atoms with Crippen molar-refractivity contribution in [1.82, 2.24) is 4.90 Å². The van der Waals surface area contributed by atoms with Gasteiger partial charge in [-0.05, 0) is 48.9 Å². The lowest BCUT2D eigenvalue weighted by Gasteiger charge is -2.32. The van der Waals surface area contributed by atoms with Crippen molar-refractivity contribution in [3.63, 3.8) is 0 Å². The van der Waals surface area contributed by atoms with Crippen LogP contribution in [0.15, 0.2) is 18.2 Å². The third kappa shape index (κ3) is 3.10. The van der Waals surface area contributed by atoms with Gasteiger partial charge in [0.15, 0.2) is 0 Å². The van der Waals surface area contributed by atoms with Gasteiger partial charge in [-0.25, -0.2) is 0 Å². The molecule has 3 rings (SSSR count). The highest BCUT2D eigenvalue weighted by Crippen LogP contribution is 2.25. The maximum Gasteiger partial charge on any atom is 0.0502 e. The largest absolute Gasteiger partial charge is 0.384 e. The van der Waals surface area contributed by atoms with Crippen molar-refractivity contribution < 1.29 is 4.74 Å². The molecule has 1 aromatic rings. The van der Waals surface area contributed by atoms with Gasteiger partial charge >= 0.3 is 0 Å². The lowest BCUT2D eigenvalue weighted by molar-refractivity contribution is 0.0874. The van der Waals surface area contributed by atoms with Gasteiger partial charge in [0.2, 0.25) is 0 Å². The van der Waals surface area contributed by atoms with E-state index in [0.717, 1.165) is 19.7 Å². The molecule has 1 unspecified atom stereocenters. The number of nitrogens with one attached hydrogen (secondary N) is 1. The van der Waals surface area contributed by atoms with Crippen molar-refractivity contribution in [1.29, 1.82) is 0 Å². The summed E-state index contributed by atoms with van der Waals surface area (Å²) in [5.74, 6) is 0.714. The summed E-state index contributed by atoms with van der Waals surface area (Å²) in [6.45, 7) is 5.49. The topological polar surface area (TPSA) is 24.5 Å². The van der Waals surface area contributed by atoms with E-state index in [4.69, 9.17) is 4.74 Å². The summed E-state index contributed by atoms with van der Waals surface area (Å²) in [7, 11) is 1.81. The minimum Gasteiger partial charge on any atom is -0.384 e. The van der Waals surface area contributed by atoms with Crippen LogP contribution in [0, 0.1) is 5.92 Å². The molecule has 0 bridgehead atoms. The van der Waals surface area contributed by atoms with Gasteiger partial charge in [-0.1, -0.05) is 12.1 Å². The van der Waals surface area contributed by atoms with Crippen molar-refractivity contribution in [2.75, 3.05) is 38.7 Å². The van der Waals surface area contributed by atoms with Gasteiger partial charge in [0.25, 0.3) is 0 Å². The Kier molecular flexibility index (Phi) is 4.04. The Bertz CT molecular complexity index is 431. The summed E-state index contributed by atoms with van der Waals surface area (Å²) in [5.41, 5.74) is 4.26. The maximum atomic E-state index is 5.30. The summed E-state index contributed by atoms with van der Waals surface area (Å²) in [6.07, 6.45) is 3.79. The van der Waals surface area contributed by atoms with E-state index in [9.17, 15) is 0 Å². The van der Waals surface area contributed by atoms with Crippen LogP contribution in [-0.2, 0) is 17.7 Å². The van der Waals surface area contributed by atoms with E-state index in [1.54, 1.807) is 0 Å². The zero-order chi connectivity index (χ0) is 13.1. The number of hydrogen-bond donors (Lipinski definition) is 1. The van der Waals surface area contributed by atoms with Gasteiger partial charge in [0.1, 0.15) is 0 Å². The summed E-state index contributed by atoms with van der Waals surface area (Å²) in [6, 6.07) is 6.93. The minimum atomic E-state index is 0.714. The molecule has 0 saturated carbocycles. The van der Waals surface area contributed by atoms with Gasteiger partial charge in [0, 0.05) is 32.4 Å². The highest BCUT2D eigenvalue weighted by Gasteiger charge is 2.20. The zero-order valence-electron chi connectivity index (χ0n) is 11.8. The lowest BCUT2D eigenvalue weighted by atomic mass is 9.98. The fraction of sp³-hybridized carbons (Fsp3) is 0.625. The number of likely N-dealkylation sites (tertiary alicyclic amines) is 1. The molecule has 0 spiro atoms. The van der Waals surface area contributed by atoms with E-state index < -0.39 is 0 Å². The average Bonchev–Trinajstić information content (AvgIpc) is 2.87. The monoisotopic (exact) mass is 260 g/mol. The fourth-order valence-corrected chi connectivity index (χ4v) is 3.36. The number of nitrogens with zero attached hydrogens (tertiary/aromatic N) is 1. The van der Waals surface area contributed by atoms with Gasteiger partial charge < -0.3 is 10.1 Å². The third-order valence-electron chi connectivity index (χ3n) is 4.30. The molecule has 1 aromatic carbocycles. The van der Waals surface area contributed by atoms with Crippen LogP contribution >= 0.6 is 0 Å². The Morgan fingerprint density at radius 3 is 3.26 bits per heavy atom. The Morgan fingerprint density at radius 1 is 1.42 bits per heavy atom. The standard InChI is InChI=1S/C16H24N2O/c1-19-12-14-3-2-8-18(11-14)10-13-4-5-15-6-7-17-16(15)9-13/h4-5,9,14,17H,2-3,6-8,10-12H2,1H3. The summed E-state index contributed by atoms with van der Waals surface area (Å²) >= 11 is 0. The molecule has 104 valence electrons. The van der Waals surface area contributed by atoms with Crippen LogP contribution in [0.1, 0.15) is 24.0 Å². The van der Waals surface area contributed by atoms with Crippen LogP contribution in [-0.4, -0.2) is 38.3 Å². The molecule has 2 aliphatic rings. The smallest absolute Gasteiger partial charge is 0.0502 e.